The molecule has 0 aliphatic rings. The monoisotopic (exact) mass is 398 g/mol. The summed E-state index contributed by atoms with van der Waals surface area (Å²) in [5.74, 6) is 0.594. The molecule has 4 nitrogen and oxygen atoms in total. The second kappa shape index (κ2) is 8.84. The minimum atomic E-state index is -0.230. The van der Waals surface area contributed by atoms with E-state index in [-0.39, 0.29) is 12.0 Å². The number of carbonyl (C=O) groups excluding carboxylic acids is 1. The van der Waals surface area contributed by atoms with Crippen LogP contribution < -0.4 is 10.1 Å². The maximum atomic E-state index is 12.1. The van der Waals surface area contributed by atoms with E-state index in [9.17, 15) is 4.79 Å². The Morgan fingerprint density at radius 2 is 1.85 bits per heavy atom. The van der Waals surface area contributed by atoms with Crippen LogP contribution >= 0.6 is 22.9 Å². The fourth-order valence-corrected chi connectivity index (χ4v) is 3.18. The molecule has 0 bridgehead atoms. The smallest absolute Gasteiger partial charge is 0.250 e. The highest BCUT2D eigenvalue weighted by Crippen LogP contribution is 2.26. The van der Waals surface area contributed by atoms with Gasteiger partial charge in [0, 0.05) is 22.0 Å². The quantitative estimate of drug-likeness (QED) is 0.525. The first kappa shape index (κ1) is 19.1. The molecular formula is C21H19ClN2O2S. The zero-order valence-corrected chi connectivity index (χ0v) is 16.6. The van der Waals surface area contributed by atoms with Gasteiger partial charge in [-0.3, -0.25) is 10.1 Å². The van der Waals surface area contributed by atoms with E-state index in [0.717, 1.165) is 22.6 Å². The van der Waals surface area contributed by atoms with Gasteiger partial charge in [-0.15, -0.1) is 11.3 Å². The van der Waals surface area contributed by atoms with Crippen molar-refractivity contribution in [3.8, 4) is 17.0 Å². The maximum absolute atomic E-state index is 12.1. The molecule has 0 aliphatic heterocycles. The molecule has 1 aromatic heterocycles. The van der Waals surface area contributed by atoms with Gasteiger partial charge in [0.1, 0.15) is 5.75 Å². The van der Waals surface area contributed by atoms with E-state index in [4.69, 9.17) is 16.3 Å². The van der Waals surface area contributed by atoms with Crippen LogP contribution in [-0.4, -0.2) is 17.0 Å². The highest BCUT2D eigenvalue weighted by Gasteiger charge is 2.07. The number of halogens is 1. The third kappa shape index (κ3) is 5.67. The number of rotatable bonds is 6. The van der Waals surface area contributed by atoms with Crippen molar-refractivity contribution in [2.24, 2.45) is 0 Å². The summed E-state index contributed by atoms with van der Waals surface area (Å²) in [5, 5.41) is 5.91. The zero-order chi connectivity index (χ0) is 19.2. The molecule has 1 heterocycles. The van der Waals surface area contributed by atoms with Crippen LogP contribution in [0.3, 0.4) is 0 Å². The number of hydrogen-bond donors (Lipinski definition) is 1. The number of benzene rings is 2. The standard InChI is InChI=1S/C21H19ClN2O2S/c1-14(2)26-18-10-6-16(7-11-18)19-13-27-21(23-19)24-20(25)12-5-15-3-8-17(22)9-4-15/h3-14H,1-2H3,(H,23,24,25)/b12-5+. The summed E-state index contributed by atoms with van der Waals surface area (Å²) in [5.41, 5.74) is 2.69. The van der Waals surface area contributed by atoms with Gasteiger partial charge in [-0.25, -0.2) is 4.98 Å². The van der Waals surface area contributed by atoms with E-state index in [1.165, 1.54) is 17.4 Å². The first-order valence-electron chi connectivity index (χ1n) is 8.47. The Bertz CT molecular complexity index is 932. The Hall–Kier alpha value is -2.63. The zero-order valence-electron chi connectivity index (χ0n) is 15.0. The first-order valence-corrected chi connectivity index (χ1v) is 9.72. The lowest BCUT2D eigenvalue weighted by molar-refractivity contribution is -0.111. The maximum Gasteiger partial charge on any atom is 0.250 e. The molecule has 6 heteroatoms. The highest BCUT2D eigenvalue weighted by atomic mass is 35.5. The molecule has 0 radical (unpaired) electrons. The van der Waals surface area contributed by atoms with Gasteiger partial charge in [-0.2, -0.15) is 0 Å². The number of carbonyl (C=O) groups is 1. The number of aromatic nitrogens is 1. The van der Waals surface area contributed by atoms with Crippen LogP contribution in [0.2, 0.25) is 5.02 Å². The second-order valence-electron chi connectivity index (χ2n) is 6.10. The number of thiazole rings is 1. The van der Waals surface area contributed by atoms with Crippen molar-refractivity contribution < 1.29 is 9.53 Å². The van der Waals surface area contributed by atoms with Crippen LogP contribution in [0.4, 0.5) is 5.13 Å². The summed E-state index contributed by atoms with van der Waals surface area (Å²) in [6.45, 7) is 3.98. The summed E-state index contributed by atoms with van der Waals surface area (Å²) in [6.07, 6.45) is 3.34. The van der Waals surface area contributed by atoms with E-state index in [2.05, 4.69) is 10.3 Å². The lowest BCUT2D eigenvalue weighted by atomic mass is 10.2. The van der Waals surface area contributed by atoms with Crippen molar-refractivity contribution >= 4 is 40.1 Å². The van der Waals surface area contributed by atoms with Crippen LogP contribution in [0.1, 0.15) is 19.4 Å². The molecule has 3 rings (SSSR count). The predicted molar refractivity (Wildman–Crippen MR) is 112 cm³/mol. The Labute approximate surface area is 167 Å². The number of hydrogen-bond acceptors (Lipinski definition) is 4. The molecule has 1 N–H and O–H groups in total. The van der Waals surface area contributed by atoms with Gasteiger partial charge in [-0.1, -0.05) is 23.7 Å². The Kier molecular flexibility index (Phi) is 6.27. The third-order valence-electron chi connectivity index (χ3n) is 3.55. The van der Waals surface area contributed by atoms with E-state index >= 15 is 0 Å². The summed E-state index contributed by atoms with van der Waals surface area (Å²) in [7, 11) is 0. The molecule has 0 aliphatic carbocycles. The molecule has 138 valence electrons. The molecule has 0 atom stereocenters. The Morgan fingerprint density at radius 3 is 2.52 bits per heavy atom. The minimum absolute atomic E-state index is 0.137. The SMILES string of the molecule is CC(C)Oc1ccc(-c2csc(NC(=O)/C=C/c3ccc(Cl)cc3)n2)cc1. The molecule has 1 amide bonds. The topological polar surface area (TPSA) is 51.2 Å². The molecule has 3 aromatic rings. The summed E-state index contributed by atoms with van der Waals surface area (Å²) >= 11 is 7.23. The van der Waals surface area contributed by atoms with E-state index in [1.807, 2.05) is 55.6 Å². The van der Waals surface area contributed by atoms with Crippen molar-refractivity contribution in [1.29, 1.82) is 0 Å². The minimum Gasteiger partial charge on any atom is -0.491 e. The van der Waals surface area contributed by atoms with Crippen LogP contribution in [0.15, 0.2) is 60.0 Å². The number of nitrogens with one attached hydrogen (secondary N) is 1. The number of nitrogens with zero attached hydrogens (tertiary/aromatic N) is 1. The van der Waals surface area contributed by atoms with Gasteiger partial charge in [0.2, 0.25) is 5.91 Å². The van der Waals surface area contributed by atoms with Crippen molar-refractivity contribution in [1.82, 2.24) is 4.98 Å². The van der Waals surface area contributed by atoms with E-state index in [1.54, 1.807) is 18.2 Å². The molecule has 0 saturated heterocycles. The largest absolute Gasteiger partial charge is 0.491 e. The van der Waals surface area contributed by atoms with Gasteiger partial charge in [-0.05, 0) is 61.9 Å². The number of anilines is 1. The fourth-order valence-electron chi connectivity index (χ4n) is 2.33. The molecule has 27 heavy (non-hydrogen) atoms. The molecule has 0 saturated carbocycles. The molecule has 2 aromatic carbocycles. The van der Waals surface area contributed by atoms with Crippen molar-refractivity contribution in [2.45, 2.75) is 20.0 Å². The average Bonchev–Trinajstić information content (AvgIpc) is 3.10. The molecule has 0 unspecified atom stereocenters. The van der Waals surface area contributed by atoms with Crippen molar-refractivity contribution in [3.05, 3.63) is 70.6 Å². The van der Waals surface area contributed by atoms with E-state index in [0.29, 0.717) is 10.2 Å². The van der Waals surface area contributed by atoms with Crippen LogP contribution in [0.5, 0.6) is 5.75 Å². The lowest BCUT2D eigenvalue weighted by Crippen LogP contribution is -2.07. The highest BCUT2D eigenvalue weighted by molar-refractivity contribution is 7.14. The van der Waals surface area contributed by atoms with Gasteiger partial charge in [0.15, 0.2) is 5.13 Å². The first-order chi connectivity index (χ1) is 13.0. The van der Waals surface area contributed by atoms with Crippen molar-refractivity contribution in [3.63, 3.8) is 0 Å². The number of amides is 1. The Morgan fingerprint density at radius 1 is 1.15 bits per heavy atom. The average molecular weight is 399 g/mol. The van der Waals surface area contributed by atoms with Gasteiger partial charge in [0.25, 0.3) is 0 Å². The van der Waals surface area contributed by atoms with Gasteiger partial charge >= 0.3 is 0 Å². The Balaban J connectivity index is 1.61. The summed E-state index contributed by atoms with van der Waals surface area (Å²) in [4.78, 5) is 16.5. The molecular weight excluding hydrogens is 380 g/mol. The summed E-state index contributed by atoms with van der Waals surface area (Å²) < 4.78 is 5.64. The van der Waals surface area contributed by atoms with Gasteiger partial charge in [0.05, 0.1) is 11.8 Å². The number of ether oxygens (including phenoxy) is 1. The predicted octanol–water partition coefficient (Wildman–Crippen LogP) is 5.90. The van der Waals surface area contributed by atoms with Crippen molar-refractivity contribution in [2.75, 3.05) is 5.32 Å². The normalized spacial score (nSPS) is 11.1. The fraction of sp³-hybridized carbons (Fsp3) is 0.143. The van der Waals surface area contributed by atoms with Crippen LogP contribution in [0.25, 0.3) is 17.3 Å². The second-order valence-corrected chi connectivity index (χ2v) is 7.40. The lowest BCUT2D eigenvalue weighted by Gasteiger charge is -2.09. The van der Waals surface area contributed by atoms with Crippen LogP contribution in [0, 0.1) is 0 Å². The van der Waals surface area contributed by atoms with E-state index < -0.39 is 0 Å². The molecule has 0 fully saturated rings. The third-order valence-corrected chi connectivity index (χ3v) is 4.56. The van der Waals surface area contributed by atoms with Crippen LogP contribution in [-0.2, 0) is 4.79 Å². The van der Waals surface area contributed by atoms with Gasteiger partial charge < -0.3 is 4.74 Å². The molecule has 0 spiro atoms. The summed E-state index contributed by atoms with van der Waals surface area (Å²) in [6, 6.07) is 15.0.